The number of hydrogen-bond acceptors (Lipinski definition) is 2. The van der Waals surface area contributed by atoms with Gasteiger partial charge in [0.15, 0.2) is 0 Å². The minimum absolute atomic E-state index is 0.0504. The lowest BCUT2D eigenvalue weighted by molar-refractivity contribution is -0.110. The lowest BCUT2D eigenvalue weighted by Gasteiger charge is -2.00. The van der Waals surface area contributed by atoms with Gasteiger partial charge in [0.2, 0.25) is 0 Å². The number of nitrogens with one attached hydrogen (secondary N) is 1. The summed E-state index contributed by atoms with van der Waals surface area (Å²) >= 11 is 0. The lowest BCUT2D eigenvalue weighted by Crippen LogP contribution is -2.03. The van der Waals surface area contributed by atoms with Gasteiger partial charge in [0, 0.05) is 29.3 Å². The van der Waals surface area contributed by atoms with Crippen molar-refractivity contribution in [2.45, 2.75) is 13.3 Å². The van der Waals surface area contributed by atoms with Crippen molar-refractivity contribution in [1.82, 2.24) is 9.78 Å². The lowest BCUT2D eigenvalue weighted by atomic mass is 10.0. The molecule has 0 saturated heterocycles. The van der Waals surface area contributed by atoms with Crippen LogP contribution in [-0.4, -0.2) is 15.7 Å². The Morgan fingerprint density at radius 1 is 1.22 bits per heavy atom. The number of nitrogens with zero attached hydrogens (tertiary/aromatic N) is 2. The fraction of sp³-hybridized carbons (Fsp3) is 0.158. The molecule has 0 radical (unpaired) electrons. The molecule has 0 fully saturated rings. The van der Waals surface area contributed by atoms with Gasteiger partial charge in [-0.15, -0.1) is 0 Å². The van der Waals surface area contributed by atoms with Crippen molar-refractivity contribution in [1.29, 1.82) is 0 Å². The molecule has 2 heterocycles. The molecule has 0 spiro atoms. The zero-order valence-corrected chi connectivity index (χ0v) is 13.1. The summed E-state index contributed by atoms with van der Waals surface area (Å²) in [4.78, 5) is 12.2. The summed E-state index contributed by atoms with van der Waals surface area (Å²) in [5, 5.41) is 8.63. The molecule has 0 bridgehead atoms. The number of amides is 1. The summed E-state index contributed by atoms with van der Waals surface area (Å²) in [5.41, 5.74) is 5.73. The van der Waals surface area contributed by atoms with Crippen LogP contribution < -0.4 is 5.32 Å². The molecule has 0 aliphatic carbocycles. The molecule has 1 aliphatic heterocycles. The molecule has 1 N–H and O–H groups in total. The van der Waals surface area contributed by atoms with Crippen molar-refractivity contribution in [3.63, 3.8) is 0 Å². The van der Waals surface area contributed by atoms with Crippen LogP contribution in [0.1, 0.15) is 23.7 Å². The van der Waals surface area contributed by atoms with Gasteiger partial charge in [-0.2, -0.15) is 5.10 Å². The SMILES string of the molecule is CCc1nn(C)c2cc(C=C3C(=O)Nc4ccccc43)ccc12. The molecule has 0 atom stereocenters. The molecule has 23 heavy (non-hydrogen) atoms. The molecule has 4 nitrogen and oxygen atoms in total. The summed E-state index contributed by atoms with van der Waals surface area (Å²) < 4.78 is 1.90. The third-order valence-electron chi connectivity index (χ3n) is 4.31. The normalized spacial score (nSPS) is 15.2. The van der Waals surface area contributed by atoms with Crippen molar-refractivity contribution < 1.29 is 4.79 Å². The summed E-state index contributed by atoms with van der Waals surface area (Å²) in [6.45, 7) is 2.11. The average Bonchev–Trinajstić information content (AvgIpc) is 3.05. The van der Waals surface area contributed by atoms with E-state index in [0.717, 1.165) is 34.4 Å². The smallest absolute Gasteiger partial charge is 0.256 e. The highest BCUT2D eigenvalue weighted by atomic mass is 16.2. The highest BCUT2D eigenvalue weighted by Gasteiger charge is 2.23. The first-order valence-electron chi connectivity index (χ1n) is 7.75. The first-order valence-corrected chi connectivity index (χ1v) is 7.75. The number of para-hydroxylation sites is 1. The van der Waals surface area contributed by atoms with E-state index in [9.17, 15) is 4.79 Å². The highest BCUT2D eigenvalue weighted by molar-refractivity contribution is 6.34. The van der Waals surface area contributed by atoms with Crippen LogP contribution in [-0.2, 0) is 18.3 Å². The van der Waals surface area contributed by atoms with E-state index in [2.05, 4.69) is 29.5 Å². The maximum absolute atomic E-state index is 12.2. The zero-order chi connectivity index (χ0) is 16.0. The Morgan fingerprint density at radius 2 is 2.04 bits per heavy atom. The standard InChI is InChI=1S/C19H17N3O/c1-3-16-14-9-8-12(11-18(14)22(2)21-16)10-15-13-6-4-5-7-17(13)20-19(15)23/h4-11H,3H2,1-2H3,(H,20,23). The van der Waals surface area contributed by atoms with E-state index in [4.69, 9.17) is 0 Å². The molecule has 2 aromatic carbocycles. The van der Waals surface area contributed by atoms with Gasteiger partial charge in [-0.3, -0.25) is 9.48 Å². The van der Waals surface area contributed by atoms with E-state index in [1.54, 1.807) is 0 Å². The van der Waals surface area contributed by atoms with Gasteiger partial charge in [-0.05, 0) is 30.2 Å². The van der Waals surface area contributed by atoms with Crippen molar-refractivity contribution in [3.05, 3.63) is 59.3 Å². The molecule has 1 aromatic heterocycles. The maximum Gasteiger partial charge on any atom is 0.256 e. The number of aryl methyl sites for hydroxylation is 2. The number of hydrogen-bond donors (Lipinski definition) is 1. The fourth-order valence-corrected chi connectivity index (χ4v) is 3.15. The van der Waals surface area contributed by atoms with Crippen LogP contribution >= 0.6 is 0 Å². The van der Waals surface area contributed by atoms with E-state index in [1.807, 2.05) is 48.1 Å². The second-order valence-corrected chi connectivity index (χ2v) is 5.76. The number of anilines is 1. The van der Waals surface area contributed by atoms with Crippen LogP contribution in [0, 0.1) is 0 Å². The van der Waals surface area contributed by atoms with Crippen molar-refractivity contribution in [2.24, 2.45) is 7.05 Å². The summed E-state index contributed by atoms with van der Waals surface area (Å²) in [6, 6.07) is 14.0. The van der Waals surface area contributed by atoms with E-state index in [0.29, 0.717) is 5.57 Å². The Bertz CT molecular complexity index is 966. The Hall–Kier alpha value is -2.88. The predicted molar refractivity (Wildman–Crippen MR) is 93.0 cm³/mol. The molecule has 0 saturated carbocycles. The van der Waals surface area contributed by atoms with Gasteiger partial charge in [0.25, 0.3) is 5.91 Å². The zero-order valence-electron chi connectivity index (χ0n) is 13.1. The maximum atomic E-state index is 12.2. The molecule has 1 aliphatic rings. The molecule has 1 amide bonds. The molecule has 114 valence electrons. The highest BCUT2D eigenvalue weighted by Crippen LogP contribution is 2.33. The van der Waals surface area contributed by atoms with Gasteiger partial charge >= 0.3 is 0 Å². The van der Waals surface area contributed by atoms with Gasteiger partial charge in [0.1, 0.15) is 0 Å². The predicted octanol–water partition coefficient (Wildman–Crippen LogP) is 3.63. The molecule has 4 rings (SSSR count). The topological polar surface area (TPSA) is 46.9 Å². The third kappa shape index (κ3) is 2.14. The number of carbonyl (C=O) groups is 1. The quantitative estimate of drug-likeness (QED) is 0.735. The summed E-state index contributed by atoms with van der Waals surface area (Å²) in [7, 11) is 1.95. The van der Waals surface area contributed by atoms with Crippen LogP contribution in [0.5, 0.6) is 0 Å². The van der Waals surface area contributed by atoms with Crippen LogP contribution in [0.3, 0.4) is 0 Å². The number of benzene rings is 2. The third-order valence-corrected chi connectivity index (χ3v) is 4.31. The molecule has 3 aromatic rings. The molecular weight excluding hydrogens is 286 g/mol. The van der Waals surface area contributed by atoms with Crippen LogP contribution in [0.15, 0.2) is 42.5 Å². The largest absolute Gasteiger partial charge is 0.321 e. The molecular formula is C19H17N3O. The first-order chi connectivity index (χ1) is 11.2. The van der Waals surface area contributed by atoms with Gasteiger partial charge in [0.05, 0.1) is 11.2 Å². The average molecular weight is 303 g/mol. The Kier molecular flexibility index (Phi) is 3.05. The Morgan fingerprint density at radius 3 is 2.87 bits per heavy atom. The van der Waals surface area contributed by atoms with Crippen LogP contribution in [0.4, 0.5) is 5.69 Å². The van der Waals surface area contributed by atoms with Gasteiger partial charge in [-0.1, -0.05) is 37.3 Å². The number of rotatable bonds is 2. The van der Waals surface area contributed by atoms with E-state index in [-0.39, 0.29) is 5.91 Å². The minimum atomic E-state index is -0.0504. The number of fused-ring (bicyclic) bond motifs is 2. The van der Waals surface area contributed by atoms with Crippen molar-refractivity contribution in [2.75, 3.05) is 5.32 Å². The summed E-state index contributed by atoms with van der Waals surface area (Å²) in [6.07, 6.45) is 2.85. The number of aromatic nitrogens is 2. The summed E-state index contributed by atoms with van der Waals surface area (Å²) in [5.74, 6) is -0.0504. The Balaban J connectivity index is 1.84. The van der Waals surface area contributed by atoms with E-state index >= 15 is 0 Å². The van der Waals surface area contributed by atoms with Crippen molar-refractivity contribution in [3.8, 4) is 0 Å². The monoisotopic (exact) mass is 303 g/mol. The van der Waals surface area contributed by atoms with Crippen molar-refractivity contribution >= 4 is 34.1 Å². The van der Waals surface area contributed by atoms with Crippen LogP contribution in [0.2, 0.25) is 0 Å². The second-order valence-electron chi connectivity index (χ2n) is 5.76. The molecule has 4 heteroatoms. The fourth-order valence-electron chi connectivity index (χ4n) is 3.15. The second kappa shape index (κ2) is 5.09. The first kappa shape index (κ1) is 13.8. The van der Waals surface area contributed by atoms with Gasteiger partial charge in [-0.25, -0.2) is 0 Å². The Labute approximate surface area is 134 Å². The van der Waals surface area contributed by atoms with E-state index < -0.39 is 0 Å². The minimum Gasteiger partial charge on any atom is -0.321 e. The van der Waals surface area contributed by atoms with E-state index in [1.165, 1.54) is 5.39 Å². The number of carbonyl (C=O) groups excluding carboxylic acids is 1. The van der Waals surface area contributed by atoms with Gasteiger partial charge < -0.3 is 5.32 Å². The molecule has 0 unspecified atom stereocenters. The van der Waals surface area contributed by atoms with Crippen LogP contribution in [0.25, 0.3) is 22.6 Å².